The Morgan fingerprint density at radius 3 is 1.06 bits per heavy atom. The number of rotatable bonds is 16. The van der Waals surface area contributed by atoms with Crippen LogP contribution in [0.3, 0.4) is 0 Å². The molecule has 0 fully saturated rings. The summed E-state index contributed by atoms with van der Waals surface area (Å²) in [4.78, 5) is 5.42. The molecule has 3 nitrogen and oxygen atoms in total. The average Bonchev–Trinajstić information content (AvgIpc) is 0.709. The molecule has 3 heterocycles. The number of nitrogens with zero attached hydrogens (tertiary/aromatic N) is 3. The van der Waals surface area contributed by atoms with Gasteiger partial charge >= 0.3 is 0 Å². The second-order valence-corrected chi connectivity index (χ2v) is 33.2. The van der Waals surface area contributed by atoms with E-state index in [1.807, 2.05) is 0 Å². The number of hydrogen-bond donors (Lipinski definition) is 0. The maximum absolute atomic E-state index is 2.75. The van der Waals surface area contributed by atoms with E-state index < -0.39 is 0 Å². The van der Waals surface area contributed by atoms with Gasteiger partial charge in [0.2, 0.25) is 0 Å². The highest BCUT2D eigenvalue weighted by molar-refractivity contribution is 7.00. The third-order valence-corrected chi connectivity index (χ3v) is 24.2. The summed E-state index contributed by atoms with van der Waals surface area (Å²) in [5.74, 6) is 1.77. The predicted octanol–water partition coefficient (Wildman–Crippen LogP) is 28.5. The van der Waals surface area contributed by atoms with Crippen LogP contribution in [0, 0.1) is 27.7 Å². The molecule has 0 amide bonds. The zero-order valence-electron chi connectivity index (χ0n) is 66.9. The molecule has 0 atom stereocenters. The van der Waals surface area contributed by atoms with Crippen molar-refractivity contribution < 1.29 is 0 Å². The van der Waals surface area contributed by atoms with Crippen LogP contribution in [0.4, 0.5) is 34.1 Å². The van der Waals surface area contributed by atoms with Gasteiger partial charge in [0.1, 0.15) is 0 Å². The Kier molecular flexibility index (Phi) is 18.5. The largest absolute Gasteiger partial charge is 0.311 e. The van der Waals surface area contributed by atoms with Crippen molar-refractivity contribution in [2.45, 2.75) is 146 Å². The fourth-order valence-corrected chi connectivity index (χ4v) is 19.0. The third kappa shape index (κ3) is 12.0. The summed E-state index contributed by atoms with van der Waals surface area (Å²) >= 11 is 0. The van der Waals surface area contributed by atoms with Crippen molar-refractivity contribution in [3.05, 3.63) is 335 Å². The van der Waals surface area contributed by atoms with Gasteiger partial charge in [-0.2, -0.15) is 0 Å². The Balaban J connectivity index is 1.03. The molecule has 110 heavy (non-hydrogen) atoms. The van der Waals surface area contributed by atoms with Crippen LogP contribution in [-0.4, -0.2) is 11.3 Å². The Hall–Kier alpha value is -11.5. The standard InChI is InChI=1S/C106H100BN3/c1-63(2)82-37-25-38-83(64(3)4)102(82)75-45-50-80(51-46-75)108-96-56-49-78(103-84(65(5)6)39-26-40-85(103)66(7)8)59-93(96)107-92-53-52-81(109-94-54-47-76(100-69(13)29-23-30-70(100)14)57-90(94)91-58-77(48-55-95(91)109)101-71(15)31-24-32-72(101)16)62-97(92)110(106-88(73-33-19-17-20-34-73)43-28-44-89(106)74-35-21-18-22-36-74)99-61-79(60-98(108)105(99)107)104-86(67(9)10)41-27-42-87(104)68(11)12/h17-68H,1-16H3. The molecule has 0 radical (unpaired) electrons. The van der Waals surface area contributed by atoms with Crippen LogP contribution >= 0.6 is 0 Å². The topological polar surface area (TPSA) is 11.4 Å². The van der Waals surface area contributed by atoms with Crippen LogP contribution in [0.25, 0.3) is 105 Å². The third-order valence-electron chi connectivity index (χ3n) is 24.2. The lowest BCUT2D eigenvalue weighted by molar-refractivity contribution is 0.838. The second-order valence-electron chi connectivity index (χ2n) is 33.2. The smallest absolute Gasteiger partial charge is 0.252 e. The van der Waals surface area contributed by atoms with Gasteiger partial charge in [-0.1, -0.05) is 295 Å². The quantitative estimate of drug-likeness (QED) is 0.0894. The Bertz CT molecular complexity index is 5820. The number of hydrogen-bond acceptors (Lipinski definition) is 2. The highest BCUT2D eigenvalue weighted by Gasteiger charge is 2.46. The van der Waals surface area contributed by atoms with E-state index >= 15 is 0 Å². The van der Waals surface area contributed by atoms with Gasteiger partial charge in [-0.05, 0) is 269 Å². The zero-order valence-corrected chi connectivity index (χ0v) is 66.9. The molecule has 0 saturated heterocycles. The minimum atomic E-state index is -0.230. The minimum absolute atomic E-state index is 0.230. The monoisotopic (exact) mass is 1430 g/mol. The number of aromatic nitrogens is 1. The van der Waals surface area contributed by atoms with E-state index in [9.17, 15) is 0 Å². The summed E-state index contributed by atoms with van der Waals surface area (Å²) in [7, 11) is 0. The molecule has 17 rings (SSSR count). The zero-order chi connectivity index (χ0) is 76.2. The lowest BCUT2D eigenvalue weighted by Gasteiger charge is -2.45. The first-order valence-corrected chi connectivity index (χ1v) is 40.3. The Labute approximate surface area is 653 Å². The lowest BCUT2D eigenvalue weighted by atomic mass is 9.33. The van der Waals surface area contributed by atoms with Gasteiger partial charge in [-0.15, -0.1) is 0 Å². The van der Waals surface area contributed by atoms with Crippen molar-refractivity contribution in [2.75, 3.05) is 9.80 Å². The van der Waals surface area contributed by atoms with Crippen molar-refractivity contribution >= 4 is 79.0 Å². The molecule has 2 aliphatic rings. The maximum Gasteiger partial charge on any atom is 0.252 e. The number of anilines is 6. The van der Waals surface area contributed by atoms with E-state index in [2.05, 4.69) is 404 Å². The predicted molar refractivity (Wildman–Crippen MR) is 476 cm³/mol. The summed E-state index contributed by atoms with van der Waals surface area (Å²) in [6.45, 7) is 37.1. The highest BCUT2D eigenvalue weighted by Crippen LogP contribution is 2.54. The molecular weight excluding hydrogens is 1330 g/mol. The van der Waals surface area contributed by atoms with Crippen LogP contribution in [0.2, 0.25) is 0 Å². The molecule has 0 N–H and O–H groups in total. The molecule has 0 aliphatic carbocycles. The second kappa shape index (κ2) is 28.5. The molecule has 0 saturated carbocycles. The number of para-hydroxylation sites is 1. The van der Waals surface area contributed by atoms with Gasteiger partial charge in [0, 0.05) is 56.0 Å². The molecule has 15 aromatic rings. The van der Waals surface area contributed by atoms with E-state index in [-0.39, 0.29) is 18.5 Å². The normalized spacial score (nSPS) is 12.6. The van der Waals surface area contributed by atoms with E-state index in [1.54, 1.807) is 0 Å². The minimum Gasteiger partial charge on any atom is -0.311 e. The van der Waals surface area contributed by atoms with E-state index in [4.69, 9.17) is 0 Å². The van der Waals surface area contributed by atoms with Crippen molar-refractivity contribution in [1.29, 1.82) is 0 Å². The summed E-state index contributed by atoms with van der Waals surface area (Å²) < 4.78 is 2.58. The molecular formula is C106H100BN3. The van der Waals surface area contributed by atoms with Gasteiger partial charge < -0.3 is 14.4 Å². The van der Waals surface area contributed by atoms with Crippen LogP contribution in [0.15, 0.2) is 279 Å². The number of fused-ring (bicyclic) bond motifs is 7. The van der Waals surface area contributed by atoms with E-state index in [0.717, 1.165) is 61.7 Å². The summed E-state index contributed by atoms with van der Waals surface area (Å²) in [5, 5.41) is 2.45. The number of benzene rings is 14. The van der Waals surface area contributed by atoms with Crippen molar-refractivity contribution in [2.24, 2.45) is 0 Å². The van der Waals surface area contributed by atoms with Crippen LogP contribution in [0.5, 0.6) is 0 Å². The Morgan fingerprint density at radius 1 is 0.245 bits per heavy atom. The SMILES string of the molecule is Cc1cccc(C)c1-c1ccc2c(c1)c1cc(-c3c(C)cccc3C)ccc1n2-c1ccc2c(c1)N(c1c(-c3ccccc3)cccc1-c1ccccc1)c1cc(-c3c(C(C)C)cccc3C(C)C)cc3c1B2c1cc(-c2c(C(C)C)cccc2C(C)C)ccc1N3c1ccc(-c2c(C(C)C)cccc2C(C)C)cc1. The van der Waals surface area contributed by atoms with Gasteiger partial charge in [-0.3, -0.25) is 0 Å². The van der Waals surface area contributed by atoms with E-state index in [0.29, 0.717) is 23.7 Å². The average molecular weight is 1430 g/mol. The van der Waals surface area contributed by atoms with Gasteiger partial charge in [0.15, 0.2) is 0 Å². The van der Waals surface area contributed by atoms with E-state index in [1.165, 1.54) is 150 Å². The first kappa shape index (κ1) is 71.5. The molecule has 2 aliphatic heterocycles. The van der Waals surface area contributed by atoms with Gasteiger partial charge in [-0.25, -0.2) is 0 Å². The van der Waals surface area contributed by atoms with Gasteiger partial charge in [0.05, 0.1) is 16.7 Å². The fraction of sp³-hybridized carbons (Fsp3) is 0.208. The fourth-order valence-electron chi connectivity index (χ4n) is 19.0. The van der Waals surface area contributed by atoms with Crippen LogP contribution < -0.4 is 26.2 Å². The lowest BCUT2D eigenvalue weighted by Crippen LogP contribution is -2.61. The molecule has 0 unspecified atom stereocenters. The summed E-state index contributed by atoms with van der Waals surface area (Å²) in [6, 6.07) is 109. The van der Waals surface area contributed by atoms with Crippen molar-refractivity contribution in [3.63, 3.8) is 0 Å². The first-order chi connectivity index (χ1) is 53.2. The van der Waals surface area contributed by atoms with Crippen LogP contribution in [0.1, 0.15) is 174 Å². The molecule has 14 aromatic carbocycles. The first-order valence-electron chi connectivity index (χ1n) is 40.3. The van der Waals surface area contributed by atoms with Crippen LogP contribution in [-0.2, 0) is 0 Å². The summed E-state index contributed by atoms with van der Waals surface area (Å²) in [5.41, 5.74) is 44.8. The van der Waals surface area contributed by atoms with Gasteiger partial charge in [0.25, 0.3) is 6.71 Å². The molecule has 4 heteroatoms. The van der Waals surface area contributed by atoms with Crippen molar-refractivity contribution in [3.8, 4) is 83.6 Å². The highest BCUT2D eigenvalue weighted by atomic mass is 15.2. The van der Waals surface area contributed by atoms with Crippen molar-refractivity contribution in [1.82, 2.24) is 4.57 Å². The molecule has 0 bridgehead atoms. The summed E-state index contributed by atoms with van der Waals surface area (Å²) in [6.07, 6.45) is 0. The Morgan fingerprint density at radius 2 is 0.618 bits per heavy atom. The number of aryl methyl sites for hydroxylation is 4. The maximum atomic E-state index is 2.75. The molecule has 542 valence electrons. The molecule has 0 spiro atoms. The molecule has 1 aromatic heterocycles.